The van der Waals surface area contributed by atoms with Gasteiger partial charge in [0.05, 0.1) is 0 Å². The van der Waals surface area contributed by atoms with Gasteiger partial charge in [-0.2, -0.15) is 0 Å². The fourth-order valence-corrected chi connectivity index (χ4v) is 0.829. The van der Waals surface area contributed by atoms with Crippen molar-refractivity contribution in [1.82, 2.24) is 0 Å². The van der Waals surface area contributed by atoms with E-state index in [1.165, 1.54) is 5.56 Å². The van der Waals surface area contributed by atoms with Crippen molar-refractivity contribution in [2.24, 2.45) is 5.73 Å². The number of nitrogens with two attached hydrogens (primary N) is 1. The summed E-state index contributed by atoms with van der Waals surface area (Å²) in [5.41, 5.74) is 6.50. The van der Waals surface area contributed by atoms with Crippen LogP contribution >= 0.6 is 17.0 Å². The lowest BCUT2D eigenvalue weighted by molar-refractivity contribution is 0.318. The Morgan fingerprint density at radius 3 is 2.00 bits per heavy atom. The number of aromatic hydroxyl groups is 1. The number of phenols is 1. The molecule has 4 N–H and O–H groups in total. The summed E-state index contributed by atoms with van der Waals surface area (Å²) in [5, 5.41) is 16.5. The molecule has 0 bridgehead atoms. The maximum Gasteiger partial charge on any atom is 0.115 e. The van der Waals surface area contributed by atoms with Crippen LogP contribution < -0.4 is 5.73 Å². The molecular formula is C10H18BrNO2. The van der Waals surface area contributed by atoms with Crippen molar-refractivity contribution in [2.45, 2.75) is 13.3 Å². The summed E-state index contributed by atoms with van der Waals surface area (Å²) in [5.74, 6) is 0.306. The van der Waals surface area contributed by atoms with Crippen LogP contribution in [0.3, 0.4) is 0 Å². The highest BCUT2D eigenvalue weighted by atomic mass is 79.9. The second-order valence-electron chi connectivity index (χ2n) is 2.52. The Balaban J connectivity index is 0. The molecule has 0 saturated heterocycles. The maximum absolute atomic E-state index is 8.89. The van der Waals surface area contributed by atoms with Crippen molar-refractivity contribution in [3.8, 4) is 5.75 Å². The average molecular weight is 264 g/mol. The molecule has 1 rings (SSSR count). The average Bonchev–Trinajstić information content (AvgIpc) is 2.11. The topological polar surface area (TPSA) is 66.5 Å². The molecule has 0 aromatic heterocycles. The fraction of sp³-hybridized carbons (Fsp3) is 0.400. The lowest BCUT2D eigenvalue weighted by atomic mass is 10.1. The zero-order chi connectivity index (χ0) is 10.1. The van der Waals surface area contributed by atoms with Gasteiger partial charge in [-0.1, -0.05) is 12.1 Å². The zero-order valence-electron chi connectivity index (χ0n) is 8.31. The van der Waals surface area contributed by atoms with Crippen molar-refractivity contribution >= 4 is 17.0 Å². The predicted octanol–water partition coefficient (Wildman–Crippen LogP) is 1.47. The van der Waals surface area contributed by atoms with E-state index >= 15 is 0 Å². The van der Waals surface area contributed by atoms with Crippen molar-refractivity contribution < 1.29 is 10.2 Å². The maximum atomic E-state index is 8.89. The molecule has 0 amide bonds. The number of benzene rings is 1. The molecule has 1 aromatic carbocycles. The van der Waals surface area contributed by atoms with Crippen molar-refractivity contribution in [3.63, 3.8) is 0 Å². The van der Waals surface area contributed by atoms with Gasteiger partial charge in [0.15, 0.2) is 0 Å². The summed E-state index contributed by atoms with van der Waals surface area (Å²) in [6, 6.07) is 7.10. The molecule has 0 heterocycles. The Morgan fingerprint density at radius 1 is 1.21 bits per heavy atom. The number of phenolic OH excluding ortho intramolecular Hbond substituents is 1. The molecule has 0 fully saturated rings. The van der Waals surface area contributed by atoms with Crippen molar-refractivity contribution in [2.75, 3.05) is 13.2 Å². The summed E-state index contributed by atoms with van der Waals surface area (Å²) in [6.45, 7) is 2.59. The van der Waals surface area contributed by atoms with Crippen LogP contribution in [0.15, 0.2) is 24.3 Å². The smallest absolute Gasteiger partial charge is 0.115 e. The number of hydrogen-bond acceptors (Lipinski definition) is 3. The number of hydrogen-bond donors (Lipinski definition) is 3. The molecule has 0 spiro atoms. The molecular weight excluding hydrogens is 246 g/mol. The first-order chi connectivity index (χ1) is 6.24. The Labute approximate surface area is 95.3 Å². The molecule has 0 unspecified atom stereocenters. The molecule has 0 aliphatic rings. The Morgan fingerprint density at radius 2 is 1.64 bits per heavy atom. The molecule has 0 aliphatic carbocycles. The second-order valence-corrected chi connectivity index (χ2v) is 2.52. The third-order valence-corrected chi connectivity index (χ3v) is 1.37. The van der Waals surface area contributed by atoms with E-state index in [1.807, 2.05) is 12.1 Å². The quantitative estimate of drug-likeness (QED) is 0.757. The van der Waals surface area contributed by atoms with Crippen molar-refractivity contribution in [3.05, 3.63) is 29.8 Å². The second kappa shape index (κ2) is 10.5. The SMILES string of the molecule is Br.CCO.NCCc1ccc(O)cc1. The van der Waals surface area contributed by atoms with Gasteiger partial charge in [-0.05, 0) is 37.6 Å². The highest BCUT2D eigenvalue weighted by molar-refractivity contribution is 8.93. The van der Waals surface area contributed by atoms with E-state index in [4.69, 9.17) is 15.9 Å². The third kappa shape index (κ3) is 8.04. The van der Waals surface area contributed by atoms with Crippen LogP contribution in [-0.2, 0) is 6.42 Å². The van der Waals surface area contributed by atoms with Crippen LogP contribution in [0.1, 0.15) is 12.5 Å². The lowest BCUT2D eigenvalue weighted by Crippen LogP contribution is -2.01. The standard InChI is InChI=1S/C8H11NO.C2H6O.BrH/c9-6-5-7-1-3-8(10)4-2-7;1-2-3;/h1-4,10H,5-6,9H2;3H,2H2,1H3;1H. The number of aliphatic hydroxyl groups excluding tert-OH is 1. The Bertz CT molecular complexity index is 214. The van der Waals surface area contributed by atoms with E-state index in [2.05, 4.69) is 0 Å². The van der Waals surface area contributed by atoms with Crippen LogP contribution in [-0.4, -0.2) is 23.4 Å². The molecule has 4 heteroatoms. The minimum atomic E-state index is 0. The third-order valence-electron chi connectivity index (χ3n) is 1.37. The van der Waals surface area contributed by atoms with Gasteiger partial charge in [0.2, 0.25) is 0 Å². The van der Waals surface area contributed by atoms with Gasteiger partial charge in [0.1, 0.15) is 5.75 Å². The molecule has 0 aliphatic heterocycles. The molecule has 82 valence electrons. The largest absolute Gasteiger partial charge is 0.508 e. The first kappa shape index (κ1) is 15.9. The monoisotopic (exact) mass is 263 g/mol. The Hall–Kier alpha value is -0.580. The van der Waals surface area contributed by atoms with Gasteiger partial charge < -0.3 is 15.9 Å². The summed E-state index contributed by atoms with van der Waals surface area (Å²) >= 11 is 0. The molecule has 1 aromatic rings. The number of halogens is 1. The van der Waals surface area contributed by atoms with Crippen LogP contribution in [0.2, 0.25) is 0 Å². The number of rotatable bonds is 2. The van der Waals surface area contributed by atoms with Gasteiger partial charge in [-0.15, -0.1) is 17.0 Å². The highest BCUT2D eigenvalue weighted by Crippen LogP contribution is 2.09. The van der Waals surface area contributed by atoms with E-state index in [0.717, 1.165) is 6.42 Å². The Kier molecular flexibility index (Phi) is 11.9. The summed E-state index contributed by atoms with van der Waals surface area (Å²) in [6.07, 6.45) is 0.875. The normalized spacial score (nSPS) is 8.21. The minimum Gasteiger partial charge on any atom is -0.508 e. The molecule has 0 radical (unpaired) electrons. The van der Waals surface area contributed by atoms with Gasteiger partial charge in [-0.3, -0.25) is 0 Å². The predicted molar refractivity (Wildman–Crippen MR) is 63.9 cm³/mol. The van der Waals surface area contributed by atoms with Gasteiger partial charge >= 0.3 is 0 Å². The lowest BCUT2D eigenvalue weighted by Gasteiger charge is -1.96. The van der Waals surface area contributed by atoms with Gasteiger partial charge in [0, 0.05) is 6.61 Å². The molecule has 0 atom stereocenters. The van der Waals surface area contributed by atoms with Crippen LogP contribution in [0, 0.1) is 0 Å². The molecule has 3 nitrogen and oxygen atoms in total. The first-order valence-corrected chi connectivity index (χ1v) is 4.33. The molecule has 0 saturated carbocycles. The van der Waals surface area contributed by atoms with E-state index < -0.39 is 0 Å². The van der Waals surface area contributed by atoms with E-state index in [0.29, 0.717) is 12.3 Å². The van der Waals surface area contributed by atoms with Crippen LogP contribution in [0.25, 0.3) is 0 Å². The van der Waals surface area contributed by atoms with E-state index in [1.54, 1.807) is 19.1 Å². The summed E-state index contributed by atoms with van der Waals surface area (Å²) in [4.78, 5) is 0. The van der Waals surface area contributed by atoms with E-state index in [9.17, 15) is 0 Å². The molecule has 14 heavy (non-hydrogen) atoms. The minimum absolute atomic E-state index is 0. The zero-order valence-corrected chi connectivity index (χ0v) is 10.0. The van der Waals surface area contributed by atoms with Gasteiger partial charge in [-0.25, -0.2) is 0 Å². The summed E-state index contributed by atoms with van der Waals surface area (Å²) in [7, 11) is 0. The first-order valence-electron chi connectivity index (χ1n) is 4.33. The van der Waals surface area contributed by atoms with Crippen molar-refractivity contribution in [1.29, 1.82) is 0 Å². The summed E-state index contributed by atoms with van der Waals surface area (Å²) < 4.78 is 0. The van der Waals surface area contributed by atoms with Crippen LogP contribution in [0.4, 0.5) is 0 Å². The van der Waals surface area contributed by atoms with E-state index in [-0.39, 0.29) is 23.6 Å². The highest BCUT2D eigenvalue weighted by Gasteiger charge is 1.89. The fourth-order valence-electron chi connectivity index (χ4n) is 0.829. The van der Waals surface area contributed by atoms with Gasteiger partial charge in [0.25, 0.3) is 0 Å². The van der Waals surface area contributed by atoms with Crippen LogP contribution in [0.5, 0.6) is 5.75 Å². The number of aliphatic hydroxyl groups is 1.